The van der Waals surface area contributed by atoms with Gasteiger partial charge in [-0.3, -0.25) is 0 Å². The predicted molar refractivity (Wildman–Crippen MR) is 79.3 cm³/mol. The molecule has 0 saturated heterocycles. The SMILES string of the molecule is CCNCc1cc(COc2ccc(Br)cc2)oc1C. The summed E-state index contributed by atoms with van der Waals surface area (Å²) in [5.74, 6) is 2.65. The van der Waals surface area contributed by atoms with Crippen LogP contribution in [0.1, 0.15) is 24.0 Å². The van der Waals surface area contributed by atoms with Gasteiger partial charge in [0.1, 0.15) is 23.9 Å². The van der Waals surface area contributed by atoms with Crippen LogP contribution in [0.2, 0.25) is 0 Å². The van der Waals surface area contributed by atoms with Crippen molar-refractivity contribution >= 4 is 15.9 Å². The van der Waals surface area contributed by atoms with Crippen molar-refractivity contribution in [2.75, 3.05) is 6.54 Å². The van der Waals surface area contributed by atoms with E-state index in [4.69, 9.17) is 9.15 Å². The number of hydrogen-bond donors (Lipinski definition) is 1. The highest BCUT2D eigenvalue weighted by molar-refractivity contribution is 9.10. The molecule has 1 aromatic carbocycles. The highest BCUT2D eigenvalue weighted by Crippen LogP contribution is 2.19. The molecule has 4 heteroatoms. The zero-order valence-electron chi connectivity index (χ0n) is 11.2. The summed E-state index contributed by atoms with van der Waals surface area (Å²) in [6, 6.07) is 9.83. The minimum Gasteiger partial charge on any atom is -0.486 e. The predicted octanol–water partition coefficient (Wildman–Crippen LogP) is 4.04. The van der Waals surface area contributed by atoms with Crippen molar-refractivity contribution in [1.29, 1.82) is 0 Å². The monoisotopic (exact) mass is 323 g/mol. The van der Waals surface area contributed by atoms with Crippen LogP contribution < -0.4 is 10.1 Å². The molecule has 0 radical (unpaired) electrons. The molecule has 0 amide bonds. The first kappa shape index (κ1) is 14.2. The molecule has 2 rings (SSSR count). The third-order valence-corrected chi connectivity index (χ3v) is 3.36. The maximum Gasteiger partial charge on any atom is 0.146 e. The van der Waals surface area contributed by atoms with Crippen LogP contribution >= 0.6 is 15.9 Å². The Hall–Kier alpha value is -1.26. The van der Waals surface area contributed by atoms with Gasteiger partial charge in [-0.1, -0.05) is 22.9 Å². The zero-order chi connectivity index (χ0) is 13.7. The van der Waals surface area contributed by atoms with E-state index in [-0.39, 0.29) is 0 Å². The first-order chi connectivity index (χ1) is 9.19. The molecule has 0 fully saturated rings. The van der Waals surface area contributed by atoms with Crippen LogP contribution in [0.3, 0.4) is 0 Å². The summed E-state index contributed by atoms with van der Waals surface area (Å²) in [4.78, 5) is 0. The molecular formula is C15H18BrNO2. The van der Waals surface area contributed by atoms with Crippen LogP contribution in [0.4, 0.5) is 0 Å². The van der Waals surface area contributed by atoms with E-state index >= 15 is 0 Å². The number of furan rings is 1. The first-order valence-electron chi connectivity index (χ1n) is 6.36. The maximum atomic E-state index is 5.68. The fourth-order valence-corrected chi connectivity index (χ4v) is 2.04. The van der Waals surface area contributed by atoms with Gasteiger partial charge < -0.3 is 14.5 Å². The Morgan fingerprint density at radius 1 is 1.26 bits per heavy atom. The van der Waals surface area contributed by atoms with Gasteiger partial charge >= 0.3 is 0 Å². The molecule has 0 bridgehead atoms. The number of halogens is 1. The summed E-state index contributed by atoms with van der Waals surface area (Å²) in [5.41, 5.74) is 1.19. The zero-order valence-corrected chi connectivity index (χ0v) is 12.8. The molecule has 0 aliphatic carbocycles. The van der Waals surface area contributed by atoms with Gasteiger partial charge in [-0.05, 0) is 43.8 Å². The Kier molecular flexibility index (Phi) is 5.05. The van der Waals surface area contributed by atoms with Gasteiger partial charge in [0.2, 0.25) is 0 Å². The van der Waals surface area contributed by atoms with E-state index in [1.165, 1.54) is 5.56 Å². The Morgan fingerprint density at radius 2 is 2.00 bits per heavy atom. The van der Waals surface area contributed by atoms with Gasteiger partial charge in [0, 0.05) is 16.6 Å². The van der Waals surface area contributed by atoms with Crippen LogP contribution in [0, 0.1) is 6.92 Å². The normalized spacial score (nSPS) is 10.7. The smallest absolute Gasteiger partial charge is 0.146 e. The molecule has 2 aromatic rings. The summed E-state index contributed by atoms with van der Waals surface area (Å²) < 4.78 is 12.4. The van der Waals surface area contributed by atoms with E-state index in [0.717, 1.165) is 34.8 Å². The van der Waals surface area contributed by atoms with Crippen molar-refractivity contribution in [3.8, 4) is 5.75 Å². The highest BCUT2D eigenvalue weighted by Gasteiger charge is 2.07. The number of nitrogens with one attached hydrogen (secondary N) is 1. The minimum absolute atomic E-state index is 0.453. The lowest BCUT2D eigenvalue weighted by atomic mass is 10.2. The molecule has 1 heterocycles. The topological polar surface area (TPSA) is 34.4 Å². The van der Waals surface area contributed by atoms with E-state index in [2.05, 4.69) is 34.2 Å². The number of ether oxygens (including phenoxy) is 1. The van der Waals surface area contributed by atoms with Crippen LogP contribution in [0.5, 0.6) is 5.75 Å². The summed E-state index contributed by atoms with van der Waals surface area (Å²) >= 11 is 3.40. The lowest BCUT2D eigenvalue weighted by molar-refractivity contribution is 0.267. The molecule has 102 valence electrons. The van der Waals surface area contributed by atoms with Crippen molar-refractivity contribution in [3.05, 3.63) is 51.9 Å². The van der Waals surface area contributed by atoms with Gasteiger partial charge in [-0.15, -0.1) is 0 Å². The quantitative estimate of drug-likeness (QED) is 0.871. The number of hydrogen-bond acceptors (Lipinski definition) is 3. The third-order valence-electron chi connectivity index (χ3n) is 2.83. The van der Waals surface area contributed by atoms with Gasteiger partial charge in [0.25, 0.3) is 0 Å². The average molecular weight is 324 g/mol. The summed E-state index contributed by atoms with van der Waals surface area (Å²) in [6.45, 7) is 6.32. The van der Waals surface area contributed by atoms with Crippen LogP contribution in [-0.2, 0) is 13.2 Å². The van der Waals surface area contributed by atoms with E-state index in [1.54, 1.807) is 0 Å². The minimum atomic E-state index is 0.453. The van der Waals surface area contributed by atoms with Crippen molar-refractivity contribution in [2.45, 2.75) is 27.0 Å². The van der Waals surface area contributed by atoms with E-state index in [9.17, 15) is 0 Å². The lowest BCUT2D eigenvalue weighted by Gasteiger charge is -2.03. The Labute approximate surface area is 122 Å². The van der Waals surface area contributed by atoms with Gasteiger partial charge in [0.15, 0.2) is 0 Å². The fraction of sp³-hybridized carbons (Fsp3) is 0.333. The third kappa shape index (κ3) is 4.11. The van der Waals surface area contributed by atoms with E-state index < -0.39 is 0 Å². The molecule has 0 unspecified atom stereocenters. The van der Waals surface area contributed by atoms with Gasteiger partial charge in [0.05, 0.1) is 0 Å². The van der Waals surface area contributed by atoms with E-state index in [1.807, 2.05) is 31.2 Å². The van der Waals surface area contributed by atoms with Crippen LogP contribution in [-0.4, -0.2) is 6.54 Å². The van der Waals surface area contributed by atoms with Crippen molar-refractivity contribution in [1.82, 2.24) is 5.32 Å². The molecule has 19 heavy (non-hydrogen) atoms. The fourth-order valence-electron chi connectivity index (χ4n) is 1.78. The number of rotatable bonds is 6. The molecule has 0 atom stereocenters. The molecule has 0 aliphatic heterocycles. The summed E-state index contributed by atoms with van der Waals surface area (Å²) in [7, 11) is 0. The molecule has 1 aromatic heterocycles. The second kappa shape index (κ2) is 6.78. The van der Waals surface area contributed by atoms with Crippen LogP contribution in [0.25, 0.3) is 0 Å². The molecule has 0 saturated carbocycles. The second-order valence-electron chi connectivity index (χ2n) is 4.32. The summed E-state index contributed by atoms with van der Waals surface area (Å²) in [5, 5.41) is 3.29. The average Bonchev–Trinajstić information content (AvgIpc) is 2.76. The molecule has 0 spiro atoms. The first-order valence-corrected chi connectivity index (χ1v) is 7.15. The van der Waals surface area contributed by atoms with Crippen LogP contribution in [0.15, 0.2) is 39.2 Å². The van der Waals surface area contributed by atoms with Gasteiger partial charge in [-0.2, -0.15) is 0 Å². The van der Waals surface area contributed by atoms with Crippen molar-refractivity contribution < 1.29 is 9.15 Å². The van der Waals surface area contributed by atoms with E-state index in [0.29, 0.717) is 6.61 Å². The van der Waals surface area contributed by atoms with Gasteiger partial charge in [-0.25, -0.2) is 0 Å². The molecule has 3 nitrogen and oxygen atoms in total. The standard InChI is InChI=1S/C15H18BrNO2/c1-3-17-9-12-8-15(19-11(12)2)10-18-14-6-4-13(16)5-7-14/h4-8,17H,3,9-10H2,1-2H3. The maximum absolute atomic E-state index is 5.68. The molecule has 1 N–H and O–H groups in total. The Bertz CT molecular complexity index is 519. The molecule has 0 aliphatic rings. The second-order valence-corrected chi connectivity index (χ2v) is 5.23. The highest BCUT2D eigenvalue weighted by atomic mass is 79.9. The Balaban J connectivity index is 1.94. The Morgan fingerprint density at radius 3 is 2.68 bits per heavy atom. The largest absolute Gasteiger partial charge is 0.486 e. The van der Waals surface area contributed by atoms with Crippen molar-refractivity contribution in [3.63, 3.8) is 0 Å². The number of aryl methyl sites for hydroxylation is 1. The number of benzene rings is 1. The lowest BCUT2D eigenvalue weighted by Crippen LogP contribution is -2.11. The van der Waals surface area contributed by atoms with Crippen molar-refractivity contribution in [2.24, 2.45) is 0 Å². The molecular weight excluding hydrogens is 306 g/mol. The summed E-state index contributed by atoms with van der Waals surface area (Å²) in [6.07, 6.45) is 0.